The lowest BCUT2D eigenvalue weighted by molar-refractivity contribution is -0.117. The summed E-state index contributed by atoms with van der Waals surface area (Å²) < 4.78 is 37.3. The maximum Gasteiger partial charge on any atom is 0.238 e. The Morgan fingerprint density at radius 3 is 2.41 bits per heavy atom. The van der Waals surface area contributed by atoms with Crippen LogP contribution in [-0.2, 0) is 11.3 Å². The topological polar surface area (TPSA) is 50.8 Å². The lowest BCUT2D eigenvalue weighted by atomic mass is 10.1. The van der Waals surface area contributed by atoms with Crippen molar-refractivity contribution in [3.8, 4) is 11.5 Å². The molecule has 0 heterocycles. The quantitative estimate of drug-likeness (QED) is 0.765. The van der Waals surface area contributed by atoms with Crippen LogP contribution in [0.4, 0.5) is 14.5 Å². The molecule has 0 bridgehead atoms. The maximum atomic E-state index is 13.3. The minimum absolute atomic E-state index is 0.104. The standard InChI is InChI=1S/C20H22F2N2O3/c1-26-18-5-6-19(27-2)13(7-18)11-24(17-3-4-17)12-20(25)23-16-9-14(21)8-15(22)10-16/h5-10,17H,3-4,11-12H2,1-2H3,(H,23,25). The molecule has 0 aromatic heterocycles. The Morgan fingerprint density at radius 1 is 1.11 bits per heavy atom. The number of nitrogens with zero attached hydrogens (tertiary/aromatic N) is 1. The van der Waals surface area contributed by atoms with Gasteiger partial charge in [-0.2, -0.15) is 0 Å². The van der Waals surface area contributed by atoms with E-state index in [1.165, 1.54) is 0 Å². The van der Waals surface area contributed by atoms with Crippen molar-refractivity contribution in [3.63, 3.8) is 0 Å². The van der Waals surface area contributed by atoms with Crippen molar-refractivity contribution >= 4 is 11.6 Å². The van der Waals surface area contributed by atoms with Gasteiger partial charge >= 0.3 is 0 Å². The van der Waals surface area contributed by atoms with Crippen molar-refractivity contribution in [2.45, 2.75) is 25.4 Å². The minimum atomic E-state index is -0.731. The fourth-order valence-electron chi connectivity index (χ4n) is 2.99. The molecule has 0 spiro atoms. The Kier molecular flexibility index (Phi) is 5.91. The molecule has 1 aliphatic carbocycles. The highest BCUT2D eigenvalue weighted by Crippen LogP contribution is 2.31. The van der Waals surface area contributed by atoms with Crippen LogP contribution in [-0.4, -0.2) is 37.6 Å². The number of hydrogen-bond acceptors (Lipinski definition) is 4. The largest absolute Gasteiger partial charge is 0.497 e. The zero-order valence-corrected chi connectivity index (χ0v) is 15.3. The van der Waals surface area contributed by atoms with Gasteiger partial charge in [-0.15, -0.1) is 0 Å². The van der Waals surface area contributed by atoms with Crippen LogP contribution in [0, 0.1) is 11.6 Å². The average molecular weight is 376 g/mol. The molecule has 144 valence electrons. The zero-order valence-electron chi connectivity index (χ0n) is 15.3. The summed E-state index contributed by atoms with van der Waals surface area (Å²) in [5, 5.41) is 2.56. The van der Waals surface area contributed by atoms with Crippen molar-refractivity contribution in [2.24, 2.45) is 0 Å². The van der Waals surface area contributed by atoms with Crippen molar-refractivity contribution in [3.05, 3.63) is 53.6 Å². The third-order valence-electron chi connectivity index (χ3n) is 4.42. The van der Waals surface area contributed by atoms with Crippen LogP contribution in [0.5, 0.6) is 11.5 Å². The average Bonchev–Trinajstić information content (AvgIpc) is 3.45. The molecule has 0 radical (unpaired) electrons. The van der Waals surface area contributed by atoms with Gasteiger partial charge in [0.2, 0.25) is 5.91 Å². The summed E-state index contributed by atoms with van der Waals surface area (Å²) in [7, 11) is 3.19. The number of halogens is 2. The molecule has 0 unspecified atom stereocenters. The van der Waals surface area contributed by atoms with E-state index >= 15 is 0 Å². The van der Waals surface area contributed by atoms with Gasteiger partial charge in [0.05, 0.1) is 20.8 Å². The number of carbonyl (C=O) groups is 1. The predicted molar refractivity (Wildman–Crippen MR) is 98.0 cm³/mol. The second-order valence-electron chi connectivity index (χ2n) is 6.52. The molecule has 0 atom stereocenters. The van der Waals surface area contributed by atoms with E-state index in [9.17, 15) is 13.6 Å². The number of amides is 1. The van der Waals surface area contributed by atoms with Crippen LogP contribution in [0.2, 0.25) is 0 Å². The second-order valence-corrected chi connectivity index (χ2v) is 6.52. The van der Waals surface area contributed by atoms with Crippen molar-refractivity contribution in [1.82, 2.24) is 4.90 Å². The third-order valence-corrected chi connectivity index (χ3v) is 4.42. The molecular weight excluding hydrogens is 354 g/mol. The van der Waals surface area contributed by atoms with Gasteiger partial charge in [0, 0.05) is 29.9 Å². The van der Waals surface area contributed by atoms with E-state index in [-0.39, 0.29) is 18.1 Å². The number of ether oxygens (including phenoxy) is 2. The van der Waals surface area contributed by atoms with E-state index in [0.717, 1.165) is 36.6 Å². The first-order valence-electron chi connectivity index (χ1n) is 8.69. The SMILES string of the molecule is COc1ccc(OC)c(CN(CC(=O)Nc2cc(F)cc(F)c2)C2CC2)c1. The van der Waals surface area contributed by atoms with Gasteiger partial charge in [-0.25, -0.2) is 8.78 Å². The molecule has 0 aliphatic heterocycles. The fourth-order valence-corrected chi connectivity index (χ4v) is 2.99. The van der Waals surface area contributed by atoms with Crippen molar-refractivity contribution in [1.29, 1.82) is 0 Å². The molecule has 7 heteroatoms. The molecule has 1 fully saturated rings. The summed E-state index contributed by atoms with van der Waals surface area (Å²) in [4.78, 5) is 14.4. The highest BCUT2D eigenvalue weighted by molar-refractivity contribution is 5.92. The molecule has 2 aromatic carbocycles. The fraction of sp³-hybridized carbons (Fsp3) is 0.350. The predicted octanol–water partition coefficient (Wildman–Crippen LogP) is 3.59. The third kappa shape index (κ3) is 5.17. The van der Waals surface area contributed by atoms with Gasteiger partial charge in [-0.1, -0.05) is 0 Å². The Bertz CT molecular complexity index is 805. The zero-order chi connectivity index (χ0) is 19.4. The number of nitrogens with one attached hydrogen (secondary N) is 1. The molecule has 27 heavy (non-hydrogen) atoms. The highest BCUT2D eigenvalue weighted by atomic mass is 19.1. The number of carbonyl (C=O) groups excluding carboxylic acids is 1. The first-order chi connectivity index (χ1) is 13.0. The van der Waals surface area contributed by atoms with Gasteiger partial charge in [-0.3, -0.25) is 9.69 Å². The smallest absolute Gasteiger partial charge is 0.238 e. The molecule has 1 amide bonds. The van der Waals surface area contributed by atoms with Gasteiger partial charge in [0.15, 0.2) is 0 Å². The van der Waals surface area contributed by atoms with Gasteiger partial charge in [-0.05, 0) is 43.2 Å². The highest BCUT2D eigenvalue weighted by Gasteiger charge is 2.31. The minimum Gasteiger partial charge on any atom is -0.497 e. The monoisotopic (exact) mass is 376 g/mol. The number of methoxy groups -OCH3 is 2. The van der Waals surface area contributed by atoms with Crippen LogP contribution < -0.4 is 14.8 Å². The molecule has 3 rings (SSSR count). The van der Waals surface area contributed by atoms with Crippen LogP contribution in [0.1, 0.15) is 18.4 Å². The molecule has 2 aromatic rings. The molecule has 1 aliphatic rings. The summed E-state index contributed by atoms with van der Waals surface area (Å²) in [6, 6.07) is 8.77. The summed E-state index contributed by atoms with van der Waals surface area (Å²) in [6.45, 7) is 0.624. The number of rotatable bonds is 8. The first-order valence-corrected chi connectivity index (χ1v) is 8.69. The molecular formula is C20H22F2N2O3. The van der Waals surface area contributed by atoms with E-state index in [0.29, 0.717) is 24.1 Å². The Balaban J connectivity index is 1.70. The van der Waals surface area contributed by atoms with Crippen LogP contribution in [0.25, 0.3) is 0 Å². The van der Waals surface area contributed by atoms with Crippen molar-refractivity contribution < 1.29 is 23.0 Å². The number of benzene rings is 2. The van der Waals surface area contributed by atoms with E-state index in [1.807, 2.05) is 23.1 Å². The second kappa shape index (κ2) is 8.35. The molecule has 1 N–H and O–H groups in total. The van der Waals surface area contributed by atoms with Crippen LogP contribution in [0.15, 0.2) is 36.4 Å². The van der Waals surface area contributed by atoms with E-state index < -0.39 is 11.6 Å². The summed E-state index contributed by atoms with van der Waals surface area (Å²) in [5.41, 5.74) is 1.01. The Hall–Kier alpha value is -2.67. The summed E-state index contributed by atoms with van der Waals surface area (Å²) >= 11 is 0. The Morgan fingerprint density at radius 2 is 1.81 bits per heavy atom. The van der Waals surface area contributed by atoms with Crippen molar-refractivity contribution in [2.75, 3.05) is 26.1 Å². The molecule has 5 nitrogen and oxygen atoms in total. The van der Waals surface area contributed by atoms with Crippen LogP contribution >= 0.6 is 0 Å². The van der Waals surface area contributed by atoms with E-state index in [1.54, 1.807) is 14.2 Å². The van der Waals surface area contributed by atoms with Crippen LogP contribution in [0.3, 0.4) is 0 Å². The maximum absolute atomic E-state index is 13.3. The lowest BCUT2D eigenvalue weighted by Gasteiger charge is -2.23. The first kappa shape index (κ1) is 19.1. The normalized spacial score (nSPS) is 13.5. The number of anilines is 1. The summed E-state index contributed by atoms with van der Waals surface area (Å²) in [6.07, 6.45) is 2.02. The molecule has 1 saturated carbocycles. The van der Waals surface area contributed by atoms with Gasteiger partial charge in [0.25, 0.3) is 0 Å². The lowest BCUT2D eigenvalue weighted by Crippen LogP contribution is -2.34. The van der Waals surface area contributed by atoms with E-state index in [4.69, 9.17) is 9.47 Å². The van der Waals surface area contributed by atoms with Gasteiger partial charge < -0.3 is 14.8 Å². The van der Waals surface area contributed by atoms with Gasteiger partial charge in [0.1, 0.15) is 23.1 Å². The number of hydrogen-bond donors (Lipinski definition) is 1. The molecule has 0 saturated heterocycles. The Labute approximate surface area is 156 Å². The van der Waals surface area contributed by atoms with E-state index in [2.05, 4.69) is 5.32 Å². The summed E-state index contributed by atoms with van der Waals surface area (Å²) in [5.74, 6) is -0.361.